The van der Waals surface area contributed by atoms with Crippen LogP contribution >= 0.6 is 24.8 Å². The van der Waals surface area contributed by atoms with Gasteiger partial charge in [0.05, 0.1) is 6.10 Å². The summed E-state index contributed by atoms with van der Waals surface area (Å²) in [5.41, 5.74) is 0. The fourth-order valence-corrected chi connectivity index (χ4v) is 1.75. The lowest BCUT2D eigenvalue weighted by atomic mass is 10.2. The van der Waals surface area contributed by atoms with Gasteiger partial charge < -0.3 is 10.0 Å². The van der Waals surface area contributed by atoms with E-state index in [1.807, 2.05) is 31.6 Å². The minimum Gasteiger partial charge on any atom is -0.388 e. The number of hydrogen-bond acceptors (Lipinski definition) is 3. The van der Waals surface area contributed by atoms with Gasteiger partial charge in [0.2, 0.25) is 0 Å². The van der Waals surface area contributed by atoms with Crippen LogP contribution in [0.3, 0.4) is 0 Å². The number of thiophene rings is 1. The molecule has 0 radical (unpaired) electrons. The predicted octanol–water partition coefficient (Wildman–Crippen LogP) is 1.85. The zero-order valence-corrected chi connectivity index (χ0v) is 9.84. The molecule has 2 nitrogen and oxygen atoms in total. The molecular weight excluding hydrogens is 202 g/mol. The number of hydrogen-bond donors (Lipinski definition) is 1. The molecule has 0 saturated carbocycles. The molecule has 0 aliphatic carbocycles. The largest absolute Gasteiger partial charge is 0.388 e. The molecule has 0 spiro atoms. The lowest BCUT2D eigenvalue weighted by molar-refractivity contribution is 0.158. The maximum absolute atomic E-state index is 9.64. The average molecular weight is 219 g/mol. The van der Waals surface area contributed by atoms with E-state index in [-0.39, 0.29) is 19.6 Å². The highest BCUT2D eigenvalue weighted by atomic mass is 32.1. The highest BCUT2D eigenvalue weighted by molar-refractivity contribution is 7.59. The maximum Gasteiger partial charge on any atom is 0.0894 e. The summed E-state index contributed by atoms with van der Waals surface area (Å²) < 4.78 is 0. The molecule has 1 aromatic rings. The molecule has 1 N–H and O–H groups in total. The molecule has 1 heterocycles. The first-order valence-electron chi connectivity index (χ1n) is 4.06. The normalized spacial score (nSPS) is 12.6. The van der Waals surface area contributed by atoms with Gasteiger partial charge in [-0.1, -0.05) is 6.07 Å². The van der Waals surface area contributed by atoms with Gasteiger partial charge >= 0.3 is 0 Å². The Hall–Kier alpha value is -0.0300. The van der Waals surface area contributed by atoms with E-state index in [0.29, 0.717) is 0 Å². The van der Waals surface area contributed by atoms with Gasteiger partial charge in [-0.3, -0.25) is 0 Å². The van der Waals surface area contributed by atoms with Crippen LogP contribution in [-0.2, 0) is 0 Å². The Labute approximate surface area is 90.6 Å². The second-order valence-electron chi connectivity index (χ2n) is 3.12. The van der Waals surface area contributed by atoms with Gasteiger partial charge in [-0.05, 0) is 32.0 Å². The highest BCUT2D eigenvalue weighted by Gasteiger charge is 2.07. The average Bonchev–Trinajstić information content (AvgIpc) is 2.51. The predicted molar refractivity (Wildman–Crippen MR) is 62.8 cm³/mol. The van der Waals surface area contributed by atoms with Crippen LogP contribution in [0.4, 0.5) is 0 Å². The van der Waals surface area contributed by atoms with Gasteiger partial charge in [-0.15, -0.1) is 11.3 Å². The van der Waals surface area contributed by atoms with Crippen molar-refractivity contribution in [2.24, 2.45) is 0 Å². The molecule has 76 valence electrons. The Kier molecular flexibility index (Phi) is 6.41. The molecule has 4 heteroatoms. The second kappa shape index (κ2) is 6.43. The first kappa shape index (κ1) is 13.0. The third kappa shape index (κ3) is 4.67. The first-order chi connectivity index (χ1) is 5.70. The minimum atomic E-state index is -0.285. The third-order valence-electron chi connectivity index (χ3n) is 1.72. The standard InChI is InChI=1S/C9H15NOS.H2S/c1-10(2)6-5-8(11)9-4-3-7-12-9;/h3-4,7-8,11H,5-6H2,1-2H3;1H2/t8-;/m0./s1. The van der Waals surface area contributed by atoms with Gasteiger partial charge in [-0.25, -0.2) is 0 Å². The summed E-state index contributed by atoms with van der Waals surface area (Å²) in [6.45, 7) is 0.930. The molecule has 1 aromatic heterocycles. The molecule has 13 heavy (non-hydrogen) atoms. The van der Waals surface area contributed by atoms with Crippen LogP contribution in [0, 0.1) is 0 Å². The molecule has 0 fully saturated rings. The van der Waals surface area contributed by atoms with Crippen LogP contribution in [0.25, 0.3) is 0 Å². The van der Waals surface area contributed by atoms with E-state index >= 15 is 0 Å². The summed E-state index contributed by atoms with van der Waals surface area (Å²) in [4.78, 5) is 3.15. The summed E-state index contributed by atoms with van der Waals surface area (Å²) in [6.07, 6.45) is 0.528. The van der Waals surface area contributed by atoms with Crippen LogP contribution in [0.5, 0.6) is 0 Å². The Bertz CT molecular complexity index is 211. The SMILES string of the molecule is CN(C)CC[C@H](O)c1cccs1.S. The van der Waals surface area contributed by atoms with Crippen molar-refractivity contribution >= 4 is 24.8 Å². The lowest BCUT2D eigenvalue weighted by Crippen LogP contribution is -2.15. The number of rotatable bonds is 4. The van der Waals surface area contributed by atoms with Crippen molar-refractivity contribution in [3.63, 3.8) is 0 Å². The van der Waals surface area contributed by atoms with Gasteiger partial charge in [0.25, 0.3) is 0 Å². The summed E-state index contributed by atoms with van der Waals surface area (Å²) in [6, 6.07) is 3.95. The molecular formula is C9H17NOS2. The molecule has 0 saturated heterocycles. The van der Waals surface area contributed by atoms with Crippen molar-refractivity contribution in [3.8, 4) is 0 Å². The molecule has 0 aliphatic rings. The van der Waals surface area contributed by atoms with Gasteiger partial charge in [0, 0.05) is 11.4 Å². The number of nitrogens with zero attached hydrogens (tertiary/aromatic N) is 1. The maximum atomic E-state index is 9.64. The van der Waals surface area contributed by atoms with E-state index in [2.05, 4.69) is 4.90 Å². The second-order valence-corrected chi connectivity index (χ2v) is 4.10. The summed E-state index contributed by atoms with van der Waals surface area (Å²) in [5.74, 6) is 0. The molecule has 0 amide bonds. The smallest absolute Gasteiger partial charge is 0.0894 e. The van der Waals surface area contributed by atoms with Crippen molar-refractivity contribution in [2.45, 2.75) is 12.5 Å². The molecule has 0 aromatic carbocycles. The van der Waals surface area contributed by atoms with E-state index in [4.69, 9.17) is 0 Å². The molecule has 0 unspecified atom stereocenters. The summed E-state index contributed by atoms with van der Waals surface area (Å²) in [5, 5.41) is 11.6. The monoisotopic (exact) mass is 219 g/mol. The Morgan fingerprint density at radius 3 is 2.69 bits per heavy atom. The number of aliphatic hydroxyl groups is 1. The Balaban J connectivity index is 0.00000144. The highest BCUT2D eigenvalue weighted by Crippen LogP contribution is 2.21. The molecule has 1 rings (SSSR count). The van der Waals surface area contributed by atoms with Crippen LogP contribution < -0.4 is 0 Å². The van der Waals surface area contributed by atoms with E-state index in [1.165, 1.54) is 0 Å². The third-order valence-corrected chi connectivity index (χ3v) is 2.69. The first-order valence-corrected chi connectivity index (χ1v) is 4.94. The van der Waals surface area contributed by atoms with Crippen molar-refractivity contribution < 1.29 is 5.11 Å². The van der Waals surface area contributed by atoms with Gasteiger partial charge in [0.15, 0.2) is 0 Å². The fraction of sp³-hybridized carbons (Fsp3) is 0.556. The Morgan fingerprint density at radius 2 is 2.23 bits per heavy atom. The van der Waals surface area contributed by atoms with Crippen molar-refractivity contribution in [1.29, 1.82) is 0 Å². The van der Waals surface area contributed by atoms with Gasteiger partial charge in [-0.2, -0.15) is 13.5 Å². The van der Waals surface area contributed by atoms with Crippen molar-refractivity contribution in [2.75, 3.05) is 20.6 Å². The van der Waals surface area contributed by atoms with Crippen molar-refractivity contribution in [3.05, 3.63) is 22.4 Å². The van der Waals surface area contributed by atoms with Gasteiger partial charge in [0.1, 0.15) is 0 Å². The molecule has 0 aliphatic heterocycles. The summed E-state index contributed by atoms with van der Waals surface area (Å²) in [7, 11) is 4.03. The van der Waals surface area contributed by atoms with Crippen LogP contribution in [0.15, 0.2) is 17.5 Å². The van der Waals surface area contributed by atoms with E-state index in [1.54, 1.807) is 11.3 Å². The molecule has 0 bridgehead atoms. The Morgan fingerprint density at radius 1 is 1.54 bits per heavy atom. The topological polar surface area (TPSA) is 23.5 Å². The van der Waals surface area contributed by atoms with E-state index < -0.39 is 0 Å². The quantitative estimate of drug-likeness (QED) is 0.835. The van der Waals surface area contributed by atoms with Crippen LogP contribution in [0.2, 0.25) is 0 Å². The van der Waals surface area contributed by atoms with Crippen molar-refractivity contribution in [1.82, 2.24) is 4.90 Å². The lowest BCUT2D eigenvalue weighted by Gasteiger charge is -2.12. The zero-order chi connectivity index (χ0) is 8.97. The summed E-state index contributed by atoms with van der Waals surface area (Å²) >= 11 is 1.61. The van der Waals surface area contributed by atoms with Crippen LogP contribution in [0.1, 0.15) is 17.4 Å². The fourth-order valence-electron chi connectivity index (χ4n) is 1.00. The van der Waals surface area contributed by atoms with Crippen LogP contribution in [-0.4, -0.2) is 30.6 Å². The minimum absolute atomic E-state index is 0. The molecule has 1 atom stereocenters. The zero-order valence-electron chi connectivity index (χ0n) is 8.03. The van der Waals surface area contributed by atoms with E-state index in [9.17, 15) is 5.11 Å². The van der Waals surface area contributed by atoms with E-state index in [0.717, 1.165) is 17.8 Å². The number of aliphatic hydroxyl groups excluding tert-OH is 1.